The molecule has 0 aliphatic carbocycles. The third-order valence-electron chi connectivity index (χ3n) is 4.73. The van der Waals surface area contributed by atoms with Crippen molar-refractivity contribution in [2.45, 2.75) is 33.1 Å². The molecule has 1 atom stereocenters. The Kier molecular flexibility index (Phi) is 7.25. The quantitative estimate of drug-likeness (QED) is 0.832. The molecule has 0 aromatic heterocycles. The van der Waals surface area contributed by atoms with E-state index in [0.717, 1.165) is 25.2 Å². The van der Waals surface area contributed by atoms with Crippen molar-refractivity contribution in [3.05, 3.63) is 29.8 Å². The molecular formula is C19H30N4O2. The van der Waals surface area contributed by atoms with Gasteiger partial charge < -0.3 is 15.5 Å². The summed E-state index contributed by atoms with van der Waals surface area (Å²) in [6, 6.07) is 8.07. The lowest BCUT2D eigenvalue weighted by molar-refractivity contribution is -0.117. The highest BCUT2D eigenvalue weighted by Crippen LogP contribution is 2.20. The van der Waals surface area contributed by atoms with Crippen molar-refractivity contribution in [2.24, 2.45) is 0 Å². The average Bonchev–Trinajstić information content (AvgIpc) is 2.62. The summed E-state index contributed by atoms with van der Waals surface area (Å²) in [5, 5.41) is 5.76. The van der Waals surface area contributed by atoms with Crippen LogP contribution in [0.25, 0.3) is 0 Å². The number of anilines is 1. The summed E-state index contributed by atoms with van der Waals surface area (Å²) in [7, 11) is 0. The Morgan fingerprint density at radius 3 is 2.28 bits per heavy atom. The van der Waals surface area contributed by atoms with E-state index >= 15 is 0 Å². The van der Waals surface area contributed by atoms with Crippen molar-refractivity contribution in [3.63, 3.8) is 0 Å². The number of amides is 3. The molecule has 6 heteroatoms. The smallest absolute Gasteiger partial charge is 0.317 e. The highest BCUT2D eigenvalue weighted by molar-refractivity contribution is 5.92. The van der Waals surface area contributed by atoms with Crippen LogP contribution in [-0.4, -0.2) is 61.0 Å². The lowest BCUT2D eigenvalue weighted by Crippen LogP contribution is -2.52. The summed E-state index contributed by atoms with van der Waals surface area (Å²) < 4.78 is 0. The highest BCUT2D eigenvalue weighted by Gasteiger charge is 2.21. The Morgan fingerprint density at radius 2 is 1.72 bits per heavy atom. The number of nitrogens with one attached hydrogen (secondary N) is 2. The van der Waals surface area contributed by atoms with E-state index in [1.54, 1.807) is 4.90 Å². The number of carbonyl (C=O) groups is 2. The van der Waals surface area contributed by atoms with Gasteiger partial charge in [-0.05, 0) is 37.0 Å². The van der Waals surface area contributed by atoms with Gasteiger partial charge in [0.2, 0.25) is 5.91 Å². The van der Waals surface area contributed by atoms with E-state index in [1.165, 1.54) is 5.56 Å². The van der Waals surface area contributed by atoms with Crippen LogP contribution in [-0.2, 0) is 4.79 Å². The number of piperazine rings is 1. The predicted octanol–water partition coefficient (Wildman–Crippen LogP) is 2.49. The van der Waals surface area contributed by atoms with E-state index in [1.807, 2.05) is 19.1 Å². The van der Waals surface area contributed by atoms with E-state index in [0.29, 0.717) is 32.1 Å². The molecule has 1 aliphatic heterocycles. The van der Waals surface area contributed by atoms with Crippen LogP contribution < -0.4 is 10.6 Å². The fourth-order valence-corrected chi connectivity index (χ4v) is 2.91. The molecule has 1 saturated heterocycles. The Hall–Kier alpha value is -2.08. The van der Waals surface area contributed by atoms with Crippen molar-refractivity contribution in [1.82, 2.24) is 15.1 Å². The van der Waals surface area contributed by atoms with E-state index in [9.17, 15) is 9.59 Å². The van der Waals surface area contributed by atoms with Gasteiger partial charge in [0.1, 0.15) is 0 Å². The molecule has 2 N–H and O–H groups in total. The zero-order valence-corrected chi connectivity index (χ0v) is 15.5. The van der Waals surface area contributed by atoms with Gasteiger partial charge >= 0.3 is 6.03 Å². The zero-order valence-electron chi connectivity index (χ0n) is 15.5. The summed E-state index contributed by atoms with van der Waals surface area (Å²) in [6.45, 7) is 10.0. The van der Waals surface area contributed by atoms with Crippen molar-refractivity contribution in [2.75, 3.05) is 44.6 Å². The molecule has 2 rings (SSSR count). The summed E-state index contributed by atoms with van der Waals surface area (Å²) in [4.78, 5) is 27.9. The Balaban J connectivity index is 1.76. The van der Waals surface area contributed by atoms with E-state index < -0.39 is 0 Å². The van der Waals surface area contributed by atoms with Crippen molar-refractivity contribution >= 4 is 17.6 Å². The molecule has 0 radical (unpaired) electrons. The molecule has 1 aromatic rings. The maximum atomic E-state index is 12.2. The highest BCUT2D eigenvalue weighted by atomic mass is 16.2. The Morgan fingerprint density at radius 1 is 1.08 bits per heavy atom. The molecule has 1 unspecified atom stereocenters. The molecule has 0 spiro atoms. The molecule has 6 nitrogen and oxygen atoms in total. The van der Waals surface area contributed by atoms with Gasteiger partial charge in [0.15, 0.2) is 0 Å². The van der Waals surface area contributed by atoms with Crippen LogP contribution in [0, 0.1) is 0 Å². The summed E-state index contributed by atoms with van der Waals surface area (Å²) >= 11 is 0. The van der Waals surface area contributed by atoms with Crippen molar-refractivity contribution in [1.29, 1.82) is 0 Å². The first-order valence-electron chi connectivity index (χ1n) is 9.18. The van der Waals surface area contributed by atoms with Crippen molar-refractivity contribution < 1.29 is 9.59 Å². The van der Waals surface area contributed by atoms with Crippen LogP contribution in [0.2, 0.25) is 0 Å². The third kappa shape index (κ3) is 5.74. The predicted molar refractivity (Wildman–Crippen MR) is 101 cm³/mol. The van der Waals surface area contributed by atoms with Gasteiger partial charge in [-0.2, -0.15) is 0 Å². The first-order chi connectivity index (χ1) is 12.0. The number of rotatable bonds is 6. The fourth-order valence-electron chi connectivity index (χ4n) is 2.91. The molecule has 1 heterocycles. The van der Waals surface area contributed by atoms with Gasteiger partial charge in [-0.3, -0.25) is 9.69 Å². The van der Waals surface area contributed by atoms with Gasteiger partial charge in [0.05, 0.1) is 6.54 Å². The average molecular weight is 346 g/mol. The van der Waals surface area contributed by atoms with E-state index in [-0.39, 0.29) is 11.9 Å². The third-order valence-corrected chi connectivity index (χ3v) is 4.73. The summed E-state index contributed by atoms with van der Waals surface area (Å²) in [5.74, 6) is 0.522. The first kappa shape index (κ1) is 19.2. The van der Waals surface area contributed by atoms with Gasteiger partial charge in [-0.1, -0.05) is 26.0 Å². The van der Waals surface area contributed by atoms with E-state index in [2.05, 4.69) is 41.5 Å². The molecule has 138 valence electrons. The maximum absolute atomic E-state index is 12.2. The van der Waals surface area contributed by atoms with Gasteiger partial charge in [-0.15, -0.1) is 0 Å². The van der Waals surface area contributed by atoms with Crippen LogP contribution in [0.5, 0.6) is 0 Å². The first-order valence-corrected chi connectivity index (χ1v) is 9.18. The molecule has 0 saturated carbocycles. The van der Waals surface area contributed by atoms with Crippen LogP contribution >= 0.6 is 0 Å². The molecule has 1 fully saturated rings. The van der Waals surface area contributed by atoms with E-state index in [4.69, 9.17) is 0 Å². The minimum Gasteiger partial charge on any atom is -0.338 e. The van der Waals surface area contributed by atoms with Gasteiger partial charge in [0.25, 0.3) is 0 Å². The normalized spacial score (nSPS) is 16.4. The summed E-state index contributed by atoms with van der Waals surface area (Å²) in [5.41, 5.74) is 2.12. The molecule has 25 heavy (non-hydrogen) atoms. The number of carbonyl (C=O) groups excluding carboxylic acids is 2. The van der Waals surface area contributed by atoms with Crippen LogP contribution in [0.15, 0.2) is 24.3 Å². The van der Waals surface area contributed by atoms with Crippen LogP contribution in [0.4, 0.5) is 10.5 Å². The van der Waals surface area contributed by atoms with Crippen LogP contribution in [0.3, 0.4) is 0 Å². The fraction of sp³-hybridized carbons (Fsp3) is 0.579. The minimum atomic E-state index is -0.0204. The zero-order chi connectivity index (χ0) is 18.2. The second-order valence-corrected chi connectivity index (χ2v) is 6.58. The minimum absolute atomic E-state index is 0.0113. The molecule has 1 aliphatic rings. The number of hydrogen-bond donors (Lipinski definition) is 2. The second-order valence-electron chi connectivity index (χ2n) is 6.58. The molecule has 0 bridgehead atoms. The largest absolute Gasteiger partial charge is 0.338 e. The van der Waals surface area contributed by atoms with Crippen molar-refractivity contribution in [3.8, 4) is 0 Å². The number of benzene rings is 1. The topological polar surface area (TPSA) is 64.7 Å². The monoisotopic (exact) mass is 346 g/mol. The van der Waals surface area contributed by atoms with Crippen LogP contribution in [0.1, 0.15) is 38.7 Å². The van der Waals surface area contributed by atoms with Gasteiger partial charge in [-0.25, -0.2) is 4.79 Å². The van der Waals surface area contributed by atoms with Gasteiger partial charge in [0, 0.05) is 38.4 Å². The lowest BCUT2D eigenvalue weighted by atomic mass is 9.99. The number of nitrogens with zero attached hydrogens (tertiary/aromatic N) is 2. The summed E-state index contributed by atoms with van der Waals surface area (Å²) in [6.07, 6.45) is 1.11. The molecule has 3 amide bonds. The lowest BCUT2D eigenvalue weighted by Gasteiger charge is -2.34. The molecular weight excluding hydrogens is 316 g/mol. The standard InChI is InChI=1S/C19H30N4O2/c1-4-15(3)16-6-8-17(9-7-16)21-18(24)14-22-10-12-23(13-11-22)19(25)20-5-2/h6-9,15H,4-5,10-14H2,1-3H3,(H,20,25)(H,21,24). The Bertz CT molecular complexity index is 565. The molecule has 1 aromatic carbocycles. The SMILES string of the molecule is CCNC(=O)N1CCN(CC(=O)Nc2ccc(C(C)CC)cc2)CC1. The Labute approximate surface area is 150 Å². The number of hydrogen-bond acceptors (Lipinski definition) is 3. The second kappa shape index (κ2) is 9.42. The maximum Gasteiger partial charge on any atom is 0.317 e. The number of urea groups is 1.